The summed E-state index contributed by atoms with van der Waals surface area (Å²) in [4.78, 5) is 100. The summed E-state index contributed by atoms with van der Waals surface area (Å²) >= 11 is 4.91. The number of nitrogens with one attached hydrogen (secondary N) is 2. The Bertz CT molecular complexity index is 3490. The molecule has 37 nitrogen and oxygen atoms in total. The van der Waals surface area contributed by atoms with Crippen LogP contribution in [0.2, 0.25) is 0 Å². The second-order valence-corrected chi connectivity index (χ2v) is 25.0. The molecule has 416 valence electrons. The molecule has 14 N–H and O–H groups in total. The van der Waals surface area contributed by atoms with Crippen molar-refractivity contribution in [3.63, 3.8) is 0 Å². The standard InChI is InChI=1S/C34H47N15O22P4S/c1-46-11-49(27-18(46)29(54)45-34(37)43-27)30-19(50)12(4-62-2)13(67-30)5-66-75(61,76)71-74(59,60)70-73(57,58)65-7-15-23(22(63-3)32(69-15)47-9-40-16-24(35)38-8-39-25(16)47)72(55,56)64-6-14-20(51)21(52)31(68-14)48-10-41-17-26(48)42-33(36)44-28(17)53/h8-15,19-23,30-32,50-52H,4-7H2,1-3H3,(H11-,35,36,37,38,39,42,43,44,45,53,54,55,56,57,58,59,60,61,76)/t12-,13-,14-,15?,19-,20-,21-,22-,23-,30-,31-,32-,75?/m1/s1. The van der Waals surface area contributed by atoms with Gasteiger partial charge in [0.1, 0.15) is 50.0 Å². The van der Waals surface area contributed by atoms with E-state index in [1.165, 1.54) is 34.2 Å². The highest BCUT2D eigenvalue weighted by Gasteiger charge is 2.55. The minimum absolute atomic E-state index is 0.0000986. The average molecular weight is 1170 g/mol. The number of aryl methyl sites for hydroxylation is 1. The summed E-state index contributed by atoms with van der Waals surface area (Å²) in [5.74, 6) is -1.59. The summed E-state index contributed by atoms with van der Waals surface area (Å²) in [6.45, 7) is -8.20. The van der Waals surface area contributed by atoms with Gasteiger partial charge in [-0.1, -0.05) is 0 Å². The van der Waals surface area contributed by atoms with E-state index in [9.17, 15) is 58.2 Å². The highest BCUT2D eigenvalue weighted by Crippen LogP contribution is 2.68. The van der Waals surface area contributed by atoms with E-state index < -0.39 is 134 Å². The Morgan fingerprint density at radius 1 is 0.724 bits per heavy atom. The number of hydrogen-bond acceptors (Lipinski definition) is 29. The molecule has 3 aliphatic rings. The van der Waals surface area contributed by atoms with Crippen molar-refractivity contribution in [1.82, 2.24) is 53.6 Å². The molecule has 3 fully saturated rings. The second-order valence-electron chi connectivity index (χ2n) is 17.1. The number of imidazole rings is 3. The van der Waals surface area contributed by atoms with Gasteiger partial charge < -0.3 is 89.4 Å². The Hall–Kier alpha value is -4.69. The van der Waals surface area contributed by atoms with Crippen molar-refractivity contribution in [2.45, 2.75) is 67.1 Å². The zero-order chi connectivity index (χ0) is 55.0. The van der Waals surface area contributed by atoms with E-state index in [-0.39, 0.29) is 57.8 Å². The van der Waals surface area contributed by atoms with E-state index in [2.05, 4.69) is 48.5 Å². The third-order valence-electron chi connectivity index (χ3n) is 12.3. The van der Waals surface area contributed by atoms with Crippen molar-refractivity contribution in [3.8, 4) is 0 Å². The molecule has 9 rings (SSSR count). The van der Waals surface area contributed by atoms with Crippen molar-refractivity contribution < 1.29 is 99.0 Å². The number of rotatable bonds is 20. The molecule has 9 heterocycles. The number of anilines is 3. The first kappa shape index (κ1) is 56.0. The molecule has 0 bridgehead atoms. The normalized spacial score (nSPS) is 30.2. The zero-order valence-corrected chi connectivity index (χ0v) is 43.6. The van der Waals surface area contributed by atoms with E-state index >= 15 is 0 Å². The maximum Gasteiger partial charge on any atom is 0.488 e. The van der Waals surface area contributed by atoms with Crippen molar-refractivity contribution in [2.24, 2.45) is 13.0 Å². The van der Waals surface area contributed by atoms with Gasteiger partial charge in [0.15, 0.2) is 35.1 Å². The Kier molecular flexibility index (Phi) is 15.6. The van der Waals surface area contributed by atoms with E-state index in [4.69, 9.17) is 66.3 Å². The van der Waals surface area contributed by atoms with Gasteiger partial charge in [-0.05, 0) is 11.8 Å². The summed E-state index contributed by atoms with van der Waals surface area (Å²) in [5.41, 5.74) is 13.8. The topological polar surface area (TPSA) is 528 Å². The number of aliphatic hydroxyl groups excluding tert-OH is 3. The van der Waals surface area contributed by atoms with Crippen LogP contribution >= 0.6 is 30.0 Å². The van der Waals surface area contributed by atoms with Crippen molar-refractivity contribution >= 4 is 93.0 Å². The minimum atomic E-state index is -6.00. The fourth-order valence-corrected chi connectivity index (χ4v) is 15.1. The van der Waals surface area contributed by atoms with Gasteiger partial charge in [-0.2, -0.15) is 18.8 Å². The molecule has 0 aromatic carbocycles. The SMILES string of the molecule is COC[C@H]1[C@@H](O)[C@H](n2c[n+](C)c3c(=O)[nH]c(N)nc32)O[C@@H]1COP(O)(=S)OP(=O)(O)OP(=O)(O)OCC1O[C@@H](n2cnc3c(N)ncnc32)[C@H](OC)[C@@H]1P(=O)([O-])OC[C@H]1O[C@@H](n2cnc3c(=O)[nH]c(N)nc32)[C@H](O)[C@@H]1O. The quantitative estimate of drug-likeness (QED) is 0.0255. The number of ether oxygens (including phenoxy) is 5. The highest BCUT2D eigenvalue weighted by molar-refractivity contribution is 8.08. The summed E-state index contributed by atoms with van der Waals surface area (Å²) in [6, 6.07) is 0. The van der Waals surface area contributed by atoms with Crippen LogP contribution in [0.5, 0.6) is 0 Å². The number of aromatic amines is 2. The first-order chi connectivity index (χ1) is 35.7. The van der Waals surface area contributed by atoms with Crippen LogP contribution in [-0.4, -0.2) is 173 Å². The van der Waals surface area contributed by atoms with Crippen LogP contribution in [0.3, 0.4) is 0 Å². The van der Waals surface area contributed by atoms with Crippen LogP contribution in [0, 0.1) is 5.92 Å². The number of aliphatic hydroxyl groups is 3. The smallest absolute Gasteiger partial charge is 0.488 e. The Labute approximate surface area is 428 Å². The lowest BCUT2D eigenvalue weighted by Crippen LogP contribution is -2.40. The maximum atomic E-state index is 14.3. The second kappa shape index (κ2) is 21.2. The molecular formula is C34H47N15O22P4S. The molecule has 0 saturated carbocycles. The number of nitrogen functional groups attached to an aromatic ring is 3. The number of fused-ring (bicyclic) bond motifs is 3. The lowest BCUT2D eigenvalue weighted by Gasteiger charge is -2.35. The summed E-state index contributed by atoms with van der Waals surface area (Å²) in [7, 11) is -13.5. The number of nitrogens with two attached hydrogens (primary N) is 3. The van der Waals surface area contributed by atoms with E-state index in [1.54, 1.807) is 0 Å². The number of methoxy groups -OCH3 is 2. The minimum Gasteiger partial charge on any atom is -0.778 e. The van der Waals surface area contributed by atoms with Crippen LogP contribution in [-0.2, 0) is 78.4 Å². The Balaban J connectivity index is 0.888. The largest absolute Gasteiger partial charge is 0.778 e. The molecule has 6 aromatic rings. The zero-order valence-electron chi connectivity index (χ0n) is 39.2. The molecule has 3 aliphatic heterocycles. The molecule has 0 aliphatic carbocycles. The number of phosphoric ester groups is 1. The molecule has 0 spiro atoms. The number of H-pyrrole nitrogens is 2. The van der Waals surface area contributed by atoms with Crippen LogP contribution in [0.4, 0.5) is 17.7 Å². The lowest BCUT2D eigenvalue weighted by molar-refractivity contribution is -0.646. The summed E-state index contributed by atoms with van der Waals surface area (Å²) in [6.07, 6.45) is -11.1. The average Bonchev–Trinajstić information content (AvgIpc) is 4.21. The van der Waals surface area contributed by atoms with Gasteiger partial charge in [-0.3, -0.25) is 33.2 Å². The van der Waals surface area contributed by atoms with E-state index in [0.29, 0.717) is 0 Å². The van der Waals surface area contributed by atoms with Gasteiger partial charge in [0, 0.05) is 20.1 Å². The summed E-state index contributed by atoms with van der Waals surface area (Å²) < 4.78 is 99.2. The van der Waals surface area contributed by atoms with Gasteiger partial charge in [0.25, 0.3) is 16.7 Å². The van der Waals surface area contributed by atoms with Gasteiger partial charge in [0.05, 0.1) is 64.0 Å². The first-order valence-corrected chi connectivity index (χ1v) is 29.0. The highest BCUT2D eigenvalue weighted by atomic mass is 32.5. The predicted molar refractivity (Wildman–Crippen MR) is 252 cm³/mol. The molecule has 76 heavy (non-hydrogen) atoms. The molecule has 0 radical (unpaired) electrons. The molecule has 16 atom stereocenters. The van der Waals surface area contributed by atoms with Gasteiger partial charge in [-0.25, -0.2) is 37.9 Å². The van der Waals surface area contributed by atoms with Crippen molar-refractivity contribution in [3.05, 3.63) is 46.0 Å². The Morgan fingerprint density at radius 3 is 2.03 bits per heavy atom. The molecule has 42 heteroatoms. The van der Waals surface area contributed by atoms with Gasteiger partial charge in [-0.15, -0.1) is 0 Å². The first-order valence-electron chi connectivity index (χ1n) is 21.8. The van der Waals surface area contributed by atoms with E-state index in [0.717, 1.165) is 30.7 Å². The maximum absolute atomic E-state index is 14.3. The van der Waals surface area contributed by atoms with Crippen LogP contribution in [0.15, 0.2) is 34.9 Å². The fourth-order valence-electron chi connectivity index (χ4n) is 8.96. The molecular weight excluding hydrogens is 1130 g/mol. The molecule has 0 amide bonds. The van der Waals surface area contributed by atoms with Crippen LogP contribution in [0.1, 0.15) is 18.7 Å². The molecule has 3 saturated heterocycles. The third kappa shape index (κ3) is 10.9. The number of hydrogen-bond donors (Lipinski definition) is 11. The van der Waals surface area contributed by atoms with Crippen molar-refractivity contribution in [2.75, 3.05) is 57.8 Å². The van der Waals surface area contributed by atoms with Crippen molar-refractivity contribution in [1.29, 1.82) is 0 Å². The molecule has 5 unspecified atom stereocenters. The van der Waals surface area contributed by atoms with Crippen LogP contribution in [0.25, 0.3) is 33.5 Å². The monoisotopic (exact) mass is 1170 g/mol. The third-order valence-corrected chi connectivity index (χ3v) is 19.3. The molecule has 6 aromatic heterocycles. The van der Waals surface area contributed by atoms with Gasteiger partial charge >= 0.3 is 27.9 Å². The summed E-state index contributed by atoms with van der Waals surface area (Å²) in [5, 5.41) is 33.3. The van der Waals surface area contributed by atoms with Crippen LogP contribution < -0.4 is 37.8 Å². The lowest BCUT2D eigenvalue weighted by atomic mass is 9.99. The van der Waals surface area contributed by atoms with Gasteiger partial charge in [0.2, 0.25) is 24.5 Å². The number of nitrogens with zero attached hydrogens (tertiary/aromatic N) is 10. The van der Waals surface area contributed by atoms with E-state index in [1.807, 2.05) is 0 Å². The fraction of sp³-hybridized carbons (Fsp3) is 0.559. The number of phosphoric acid groups is 2. The number of aromatic nitrogens is 12. The predicted octanol–water partition coefficient (Wildman–Crippen LogP) is -4.26. The Morgan fingerprint density at radius 2 is 1.33 bits per heavy atom.